The first-order chi connectivity index (χ1) is 10.9. The highest BCUT2D eigenvalue weighted by Gasteiger charge is 2.71. The van der Waals surface area contributed by atoms with E-state index in [0.717, 1.165) is 10.7 Å². The fourth-order valence-electron chi connectivity index (χ4n) is 2.90. The molecule has 0 radical (unpaired) electrons. The molecular weight excluding hydrogens is 398 g/mol. The maximum absolute atomic E-state index is 12.1. The van der Waals surface area contributed by atoms with Gasteiger partial charge in [0, 0.05) is 16.6 Å². The quantitative estimate of drug-likeness (QED) is 0.759. The van der Waals surface area contributed by atoms with Crippen LogP contribution in [-0.4, -0.2) is 43.4 Å². The molecule has 2 rings (SSSR count). The molecule has 0 unspecified atom stereocenters. The van der Waals surface area contributed by atoms with Gasteiger partial charge in [-0.3, -0.25) is 0 Å². The maximum atomic E-state index is 12.1. The van der Waals surface area contributed by atoms with E-state index in [0.29, 0.717) is 11.8 Å². The van der Waals surface area contributed by atoms with Gasteiger partial charge in [-0.1, -0.05) is 28.1 Å². The molecule has 0 spiro atoms. The minimum Gasteiger partial charge on any atom is -0.444 e. The zero-order chi connectivity index (χ0) is 18.3. The van der Waals surface area contributed by atoms with Crippen LogP contribution in [0.3, 0.4) is 0 Å². The summed E-state index contributed by atoms with van der Waals surface area (Å²) in [5.41, 5.74) is -1.60. The number of carbonyl (C=O) groups excluding carboxylic acids is 2. The molecule has 0 aliphatic heterocycles. The normalized spacial score (nSPS) is 26.5. The van der Waals surface area contributed by atoms with Gasteiger partial charge in [-0.25, -0.2) is 13.2 Å². The topological polar surface area (TPSA) is 89.5 Å². The molecule has 1 amide bonds. The highest BCUT2D eigenvalue weighted by atomic mass is 79.9. The molecule has 1 fully saturated rings. The molecule has 3 atom stereocenters. The highest BCUT2D eigenvalue weighted by molar-refractivity contribution is 9.10. The molecule has 1 N–H and O–H groups in total. The molecule has 1 saturated carbocycles. The van der Waals surface area contributed by atoms with Crippen LogP contribution in [0, 0.1) is 0 Å². The molecule has 1 aromatic carbocycles. The van der Waals surface area contributed by atoms with Crippen LogP contribution in [0.4, 0.5) is 4.79 Å². The fraction of sp³-hybridized carbons (Fsp3) is 0.500. The summed E-state index contributed by atoms with van der Waals surface area (Å²) in [5.74, 6) is -0.648. The van der Waals surface area contributed by atoms with Crippen LogP contribution in [0.5, 0.6) is 0 Å². The molecular formula is C16H20BrNO5S. The van der Waals surface area contributed by atoms with Crippen LogP contribution in [0.25, 0.3) is 0 Å². The molecule has 24 heavy (non-hydrogen) atoms. The number of benzene rings is 1. The minimum absolute atomic E-state index is 0.495. The number of rotatable bonds is 4. The Kier molecular flexibility index (Phi) is 4.85. The van der Waals surface area contributed by atoms with Crippen LogP contribution in [-0.2, 0) is 19.4 Å². The van der Waals surface area contributed by atoms with Crippen LogP contribution in [0.15, 0.2) is 28.7 Å². The Morgan fingerprint density at radius 2 is 1.83 bits per heavy atom. The lowest BCUT2D eigenvalue weighted by Gasteiger charge is -2.22. The monoisotopic (exact) mass is 417 g/mol. The Morgan fingerprint density at radius 1 is 1.29 bits per heavy atom. The second kappa shape index (κ2) is 6.15. The number of hydrogen-bond acceptors (Lipinski definition) is 5. The molecule has 0 heterocycles. The van der Waals surface area contributed by atoms with Crippen molar-refractivity contribution in [1.29, 1.82) is 0 Å². The largest absolute Gasteiger partial charge is 0.444 e. The van der Waals surface area contributed by atoms with Gasteiger partial charge in [0.15, 0.2) is 9.84 Å². The van der Waals surface area contributed by atoms with Gasteiger partial charge in [0.25, 0.3) is 0 Å². The smallest absolute Gasteiger partial charge is 0.408 e. The van der Waals surface area contributed by atoms with Crippen LogP contribution < -0.4 is 5.32 Å². The van der Waals surface area contributed by atoms with E-state index in [2.05, 4.69) is 21.2 Å². The Labute approximate surface area is 150 Å². The Balaban J connectivity index is 2.36. The number of halogens is 1. The van der Waals surface area contributed by atoms with Crippen molar-refractivity contribution in [2.75, 3.05) is 6.26 Å². The van der Waals surface area contributed by atoms with Gasteiger partial charge in [0.2, 0.25) is 0 Å². The summed E-state index contributed by atoms with van der Waals surface area (Å²) < 4.78 is 30.3. The lowest BCUT2D eigenvalue weighted by molar-refractivity contribution is -0.110. The fourth-order valence-corrected chi connectivity index (χ4v) is 4.93. The van der Waals surface area contributed by atoms with Gasteiger partial charge in [0.1, 0.15) is 22.7 Å². The number of hydrogen-bond donors (Lipinski definition) is 1. The number of aldehydes is 1. The number of nitrogens with one attached hydrogen (secondary N) is 1. The minimum atomic E-state index is -3.56. The standard InChI is InChI=1S/C16H20BrNO5S/c1-15(2,3)23-14(20)18-16(9-19)12(13(16)24(4,21)22)10-5-7-11(17)8-6-10/h5-9,12-13H,1-4H3,(H,18,20)/t12-,13-,16-/m0/s1. The SMILES string of the molecule is CC(C)(C)OC(=O)N[C@@]1(C=O)[C@@H](c2ccc(Br)cc2)[C@@H]1S(C)(=O)=O. The average Bonchev–Trinajstić information content (AvgIpc) is 3.06. The summed E-state index contributed by atoms with van der Waals surface area (Å²) in [6.45, 7) is 5.06. The first kappa shape index (κ1) is 18.9. The number of ether oxygens (including phenoxy) is 1. The van der Waals surface area contributed by atoms with Crippen molar-refractivity contribution in [3.63, 3.8) is 0 Å². The summed E-state index contributed by atoms with van der Waals surface area (Å²) in [4.78, 5) is 23.8. The van der Waals surface area contributed by atoms with Crippen molar-refractivity contribution in [2.24, 2.45) is 0 Å². The van der Waals surface area contributed by atoms with E-state index in [1.165, 1.54) is 0 Å². The maximum Gasteiger partial charge on any atom is 0.408 e. The van der Waals surface area contributed by atoms with Gasteiger partial charge in [-0.05, 0) is 38.5 Å². The second-order valence-corrected chi connectivity index (χ2v) is 10.0. The van der Waals surface area contributed by atoms with E-state index in [1.54, 1.807) is 45.0 Å². The number of alkyl carbamates (subject to hydrolysis) is 1. The van der Waals surface area contributed by atoms with Gasteiger partial charge < -0.3 is 14.8 Å². The zero-order valence-corrected chi connectivity index (χ0v) is 16.3. The highest BCUT2D eigenvalue weighted by Crippen LogP contribution is 2.54. The van der Waals surface area contributed by atoms with E-state index in [4.69, 9.17) is 4.74 Å². The Bertz CT molecular complexity index is 754. The van der Waals surface area contributed by atoms with Crippen molar-refractivity contribution in [1.82, 2.24) is 5.32 Å². The predicted molar refractivity (Wildman–Crippen MR) is 93.7 cm³/mol. The molecule has 1 aliphatic rings. The molecule has 0 aromatic heterocycles. The van der Waals surface area contributed by atoms with E-state index in [9.17, 15) is 18.0 Å². The molecule has 0 saturated heterocycles. The van der Waals surface area contributed by atoms with E-state index < -0.39 is 38.2 Å². The molecule has 132 valence electrons. The Morgan fingerprint density at radius 3 is 2.25 bits per heavy atom. The van der Waals surface area contributed by atoms with Crippen LogP contribution >= 0.6 is 15.9 Å². The van der Waals surface area contributed by atoms with Crippen molar-refractivity contribution < 1.29 is 22.7 Å². The molecule has 6 nitrogen and oxygen atoms in total. The third-order valence-electron chi connectivity index (χ3n) is 3.78. The molecule has 1 aromatic rings. The zero-order valence-electron chi connectivity index (χ0n) is 13.9. The van der Waals surface area contributed by atoms with Gasteiger partial charge >= 0.3 is 6.09 Å². The first-order valence-electron chi connectivity index (χ1n) is 7.32. The van der Waals surface area contributed by atoms with E-state index >= 15 is 0 Å². The molecule has 0 bridgehead atoms. The third kappa shape index (κ3) is 3.80. The summed E-state index contributed by atoms with van der Waals surface area (Å²) in [6.07, 6.45) is 0.740. The van der Waals surface area contributed by atoms with E-state index in [1.807, 2.05) is 0 Å². The van der Waals surface area contributed by atoms with Crippen molar-refractivity contribution in [2.45, 2.75) is 43.1 Å². The lowest BCUT2D eigenvalue weighted by Crippen LogP contribution is -2.45. The molecule has 1 aliphatic carbocycles. The number of sulfone groups is 1. The average molecular weight is 418 g/mol. The summed E-state index contributed by atoms with van der Waals surface area (Å²) in [5, 5.41) is 1.46. The summed E-state index contributed by atoms with van der Waals surface area (Å²) in [6, 6.07) is 6.98. The number of amides is 1. The summed E-state index contributed by atoms with van der Waals surface area (Å²) >= 11 is 3.31. The van der Waals surface area contributed by atoms with Crippen LogP contribution in [0.1, 0.15) is 32.3 Å². The third-order valence-corrected chi connectivity index (χ3v) is 5.90. The predicted octanol–water partition coefficient (Wildman–Crippen LogP) is 2.42. The van der Waals surface area contributed by atoms with Crippen molar-refractivity contribution >= 4 is 38.1 Å². The lowest BCUT2D eigenvalue weighted by atomic mass is 10.1. The molecule has 8 heteroatoms. The van der Waals surface area contributed by atoms with Crippen LogP contribution in [0.2, 0.25) is 0 Å². The van der Waals surface area contributed by atoms with Gasteiger partial charge in [0.05, 0.1) is 0 Å². The summed E-state index contributed by atoms with van der Waals surface area (Å²) in [7, 11) is -3.56. The van der Waals surface area contributed by atoms with E-state index in [-0.39, 0.29) is 0 Å². The van der Waals surface area contributed by atoms with Crippen molar-refractivity contribution in [3.05, 3.63) is 34.3 Å². The van der Waals surface area contributed by atoms with Gasteiger partial charge in [-0.15, -0.1) is 0 Å². The Hall–Kier alpha value is -1.41. The second-order valence-electron chi connectivity index (χ2n) is 6.96. The first-order valence-corrected chi connectivity index (χ1v) is 10.1. The number of carbonyl (C=O) groups is 2. The van der Waals surface area contributed by atoms with Gasteiger partial charge in [-0.2, -0.15) is 0 Å². The van der Waals surface area contributed by atoms with Crippen molar-refractivity contribution in [3.8, 4) is 0 Å².